The van der Waals surface area contributed by atoms with Crippen LogP contribution in [-0.4, -0.2) is 16.5 Å². The first-order chi connectivity index (χ1) is 7.30. The van der Waals surface area contributed by atoms with Gasteiger partial charge >= 0.3 is 6.18 Å². The Bertz CT molecular complexity index is 409. The van der Waals surface area contributed by atoms with E-state index in [-0.39, 0.29) is 17.1 Å². The Morgan fingerprint density at radius 3 is 2.62 bits per heavy atom. The predicted molar refractivity (Wildman–Crippen MR) is 49.8 cm³/mol. The summed E-state index contributed by atoms with van der Waals surface area (Å²) in [4.78, 5) is 12.8. The smallest absolute Gasteiger partial charge is 0.265 e. The van der Waals surface area contributed by atoms with Gasteiger partial charge in [-0.1, -0.05) is 11.6 Å². The van der Waals surface area contributed by atoms with E-state index >= 15 is 0 Å². The van der Waals surface area contributed by atoms with Crippen molar-refractivity contribution in [1.29, 1.82) is 0 Å². The fourth-order valence-corrected chi connectivity index (χ4v) is 1.23. The van der Waals surface area contributed by atoms with Crippen LogP contribution in [0.25, 0.3) is 0 Å². The molecule has 4 nitrogen and oxygen atoms in total. The molecule has 0 N–H and O–H groups in total. The quantitative estimate of drug-likeness (QED) is 0.473. The summed E-state index contributed by atoms with van der Waals surface area (Å²) in [5, 5.41) is 9.94. The number of alkyl halides is 3. The molecule has 1 aromatic rings. The summed E-state index contributed by atoms with van der Waals surface area (Å²) >= 11 is 5.53. The topological polar surface area (TPSA) is 56.0 Å². The van der Waals surface area contributed by atoms with Gasteiger partial charge in [-0.05, 0) is 11.6 Å². The molecule has 1 rings (SSSR count). The Hall–Kier alpha value is -1.37. The van der Waals surface area contributed by atoms with Crippen molar-refractivity contribution in [1.82, 2.24) is 4.98 Å². The van der Waals surface area contributed by atoms with Gasteiger partial charge in [-0.15, -0.1) is 0 Å². The number of hydrogen-bond acceptors (Lipinski definition) is 3. The highest BCUT2D eigenvalue weighted by Gasteiger charge is 2.31. The molecular formula is C8H6ClF3N2O2. The lowest BCUT2D eigenvalue weighted by molar-refractivity contribution is -0.479. The van der Waals surface area contributed by atoms with E-state index in [1.165, 1.54) is 0 Å². The van der Waals surface area contributed by atoms with Gasteiger partial charge < -0.3 is 0 Å². The Labute approximate surface area is 93.2 Å². The van der Waals surface area contributed by atoms with Gasteiger partial charge in [-0.3, -0.25) is 10.1 Å². The summed E-state index contributed by atoms with van der Waals surface area (Å²) < 4.78 is 36.8. The van der Waals surface area contributed by atoms with Crippen LogP contribution in [0.15, 0.2) is 12.3 Å². The fraction of sp³-hybridized carbons (Fsp3) is 0.375. The second kappa shape index (κ2) is 4.65. The van der Waals surface area contributed by atoms with E-state index in [9.17, 15) is 23.3 Å². The molecule has 0 radical (unpaired) electrons. The van der Waals surface area contributed by atoms with Crippen LogP contribution < -0.4 is 0 Å². The minimum absolute atomic E-state index is 0.0215. The average Bonchev–Trinajstić information content (AvgIpc) is 2.14. The van der Waals surface area contributed by atoms with Crippen molar-refractivity contribution in [2.75, 3.05) is 6.54 Å². The minimum atomic E-state index is -4.53. The van der Waals surface area contributed by atoms with Crippen molar-refractivity contribution in [2.24, 2.45) is 0 Å². The van der Waals surface area contributed by atoms with Crippen LogP contribution in [0.4, 0.5) is 13.2 Å². The molecule has 0 saturated heterocycles. The number of rotatable bonds is 3. The molecule has 0 saturated carbocycles. The van der Waals surface area contributed by atoms with Crippen molar-refractivity contribution in [3.63, 3.8) is 0 Å². The van der Waals surface area contributed by atoms with Crippen LogP contribution in [0, 0.1) is 10.1 Å². The molecule has 16 heavy (non-hydrogen) atoms. The highest BCUT2D eigenvalue weighted by Crippen LogP contribution is 2.30. The monoisotopic (exact) mass is 254 g/mol. The van der Waals surface area contributed by atoms with Crippen molar-refractivity contribution in [2.45, 2.75) is 12.6 Å². The molecule has 0 unspecified atom stereocenters. The summed E-state index contributed by atoms with van der Waals surface area (Å²) in [6, 6.07) is 0.777. The van der Waals surface area contributed by atoms with E-state index in [0.717, 1.165) is 6.07 Å². The van der Waals surface area contributed by atoms with Gasteiger partial charge in [0.15, 0.2) is 0 Å². The Kier molecular flexibility index (Phi) is 3.69. The minimum Gasteiger partial charge on any atom is -0.265 e. The van der Waals surface area contributed by atoms with Crippen LogP contribution in [0.2, 0.25) is 5.15 Å². The summed E-state index contributed by atoms with van der Waals surface area (Å²) in [5.74, 6) is 0. The lowest BCUT2D eigenvalue weighted by atomic mass is 10.1. The Morgan fingerprint density at radius 2 is 2.12 bits per heavy atom. The van der Waals surface area contributed by atoms with Crippen molar-refractivity contribution >= 4 is 11.6 Å². The van der Waals surface area contributed by atoms with E-state index < -0.39 is 23.2 Å². The van der Waals surface area contributed by atoms with Crippen LogP contribution in [0.1, 0.15) is 11.1 Å². The molecule has 1 aromatic heterocycles. The molecule has 0 fully saturated rings. The molecule has 8 heteroatoms. The van der Waals surface area contributed by atoms with Gasteiger partial charge in [0.25, 0.3) is 0 Å². The van der Waals surface area contributed by atoms with E-state index in [0.29, 0.717) is 6.20 Å². The van der Waals surface area contributed by atoms with E-state index in [2.05, 4.69) is 4.98 Å². The molecule has 0 aliphatic carbocycles. The highest BCUT2D eigenvalue weighted by atomic mass is 35.5. The van der Waals surface area contributed by atoms with Crippen molar-refractivity contribution in [3.8, 4) is 0 Å². The van der Waals surface area contributed by atoms with Crippen LogP contribution in [-0.2, 0) is 12.6 Å². The zero-order valence-electron chi connectivity index (χ0n) is 7.79. The number of halogens is 4. The number of aromatic nitrogens is 1. The third-order valence-electron chi connectivity index (χ3n) is 1.80. The van der Waals surface area contributed by atoms with Gasteiger partial charge in [0, 0.05) is 17.5 Å². The summed E-state index contributed by atoms with van der Waals surface area (Å²) in [6.45, 7) is -0.483. The second-order valence-electron chi connectivity index (χ2n) is 2.98. The van der Waals surface area contributed by atoms with E-state index in [1.807, 2.05) is 0 Å². The molecule has 0 aliphatic rings. The van der Waals surface area contributed by atoms with Crippen LogP contribution in [0.5, 0.6) is 0 Å². The normalized spacial score (nSPS) is 11.5. The van der Waals surface area contributed by atoms with Crippen molar-refractivity contribution < 1.29 is 18.1 Å². The third-order valence-corrected chi connectivity index (χ3v) is 2.14. The zero-order valence-corrected chi connectivity index (χ0v) is 8.55. The first-order valence-corrected chi connectivity index (χ1v) is 4.52. The molecule has 0 bridgehead atoms. The van der Waals surface area contributed by atoms with Crippen LogP contribution >= 0.6 is 11.6 Å². The molecule has 0 atom stereocenters. The van der Waals surface area contributed by atoms with Gasteiger partial charge in [-0.2, -0.15) is 13.2 Å². The molecule has 0 spiro atoms. The van der Waals surface area contributed by atoms with Gasteiger partial charge in [0.05, 0.1) is 5.56 Å². The predicted octanol–water partition coefficient (Wildman–Crippen LogP) is 2.57. The van der Waals surface area contributed by atoms with Gasteiger partial charge in [0.2, 0.25) is 6.54 Å². The van der Waals surface area contributed by atoms with Crippen molar-refractivity contribution in [3.05, 3.63) is 38.7 Å². The summed E-state index contributed by atoms with van der Waals surface area (Å²) in [5.41, 5.74) is -0.941. The largest absolute Gasteiger partial charge is 0.417 e. The van der Waals surface area contributed by atoms with E-state index in [1.54, 1.807) is 0 Å². The van der Waals surface area contributed by atoms with E-state index in [4.69, 9.17) is 11.6 Å². The first-order valence-electron chi connectivity index (χ1n) is 4.14. The molecule has 1 heterocycles. The molecule has 0 aromatic carbocycles. The second-order valence-corrected chi connectivity index (χ2v) is 3.34. The Balaban J connectivity index is 2.95. The third kappa shape index (κ3) is 3.34. The standard InChI is InChI=1S/C8H6ClF3N2O2/c9-7-5(1-2-14(15)16)3-6(4-13-7)8(10,11)12/h3-4H,1-2H2. The lowest BCUT2D eigenvalue weighted by Crippen LogP contribution is -2.09. The average molecular weight is 255 g/mol. The van der Waals surface area contributed by atoms with Gasteiger partial charge in [0.1, 0.15) is 5.15 Å². The zero-order chi connectivity index (χ0) is 12.3. The highest BCUT2D eigenvalue weighted by molar-refractivity contribution is 6.30. The number of nitrogens with zero attached hydrogens (tertiary/aromatic N) is 2. The molecule has 0 amide bonds. The molecule has 88 valence electrons. The number of pyridine rings is 1. The maximum atomic E-state index is 12.3. The molecule has 0 aliphatic heterocycles. The summed E-state index contributed by atoms with van der Waals surface area (Å²) in [6.07, 6.45) is -4.11. The SMILES string of the molecule is O=[N+]([O-])CCc1cc(C(F)(F)F)cnc1Cl. The first kappa shape index (κ1) is 12.7. The summed E-state index contributed by atoms with van der Waals surface area (Å²) in [7, 11) is 0. The maximum absolute atomic E-state index is 12.3. The maximum Gasteiger partial charge on any atom is 0.417 e. The molecular weight excluding hydrogens is 249 g/mol. The number of hydrogen-bond donors (Lipinski definition) is 0. The lowest BCUT2D eigenvalue weighted by Gasteiger charge is -2.08. The van der Waals surface area contributed by atoms with Crippen LogP contribution in [0.3, 0.4) is 0 Å². The fourth-order valence-electron chi connectivity index (χ4n) is 1.04. The Morgan fingerprint density at radius 1 is 1.50 bits per heavy atom. The van der Waals surface area contributed by atoms with Gasteiger partial charge in [-0.25, -0.2) is 4.98 Å². The number of nitro groups is 1.